The molecule has 2 atom stereocenters. The fourth-order valence-corrected chi connectivity index (χ4v) is 3.06. The Kier molecular flexibility index (Phi) is 7.69. The van der Waals surface area contributed by atoms with Crippen LogP contribution in [0.4, 0.5) is 0 Å². The number of hydrogen-bond donors (Lipinski definition) is 2. The SMILES string of the molecule is CC(C)CNC(C)CC1(CC(C)NCC(C)C)C=CC=C1. The van der Waals surface area contributed by atoms with E-state index in [1.165, 1.54) is 12.8 Å². The molecule has 0 aromatic carbocycles. The number of hydrogen-bond acceptors (Lipinski definition) is 2. The fraction of sp³-hybridized carbons (Fsp3) is 0.789. The summed E-state index contributed by atoms with van der Waals surface area (Å²) in [5.41, 5.74) is 0.229. The van der Waals surface area contributed by atoms with Crippen LogP contribution in [0.25, 0.3) is 0 Å². The van der Waals surface area contributed by atoms with Crippen molar-refractivity contribution >= 4 is 0 Å². The largest absolute Gasteiger partial charge is 0.314 e. The smallest absolute Gasteiger partial charge is 0.00964 e. The lowest BCUT2D eigenvalue weighted by molar-refractivity contribution is 0.305. The second-order valence-electron chi connectivity index (χ2n) is 7.77. The average molecular weight is 293 g/mol. The van der Waals surface area contributed by atoms with E-state index in [2.05, 4.69) is 76.5 Å². The Morgan fingerprint density at radius 3 is 1.43 bits per heavy atom. The summed E-state index contributed by atoms with van der Waals surface area (Å²) in [6, 6.07) is 1.11. The summed E-state index contributed by atoms with van der Waals surface area (Å²) in [5, 5.41) is 7.34. The minimum absolute atomic E-state index is 0.229. The molecule has 1 aliphatic carbocycles. The van der Waals surface area contributed by atoms with Gasteiger partial charge in [0.1, 0.15) is 0 Å². The Morgan fingerprint density at radius 2 is 1.10 bits per heavy atom. The Bertz CT molecular complexity index is 307. The first-order valence-corrected chi connectivity index (χ1v) is 8.67. The van der Waals surface area contributed by atoms with Crippen LogP contribution in [0.5, 0.6) is 0 Å². The molecule has 2 nitrogen and oxygen atoms in total. The van der Waals surface area contributed by atoms with Crippen LogP contribution in [0.15, 0.2) is 24.3 Å². The molecule has 122 valence electrons. The van der Waals surface area contributed by atoms with Crippen LogP contribution >= 0.6 is 0 Å². The van der Waals surface area contributed by atoms with E-state index >= 15 is 0 Å². The van der Waals surface area contributed by atoms with Gasteiger partial charge >= 0.3 is 0 Å². The summed E-state index contributed by atoms with van der Waals surface area (Å²) in [6.07, 6.45) is 11.6. The van der Waals surface area contributed by atoms with E-state index in [0.717, 1.165) is 13.1 Å². The average Bonchev–Trinajstić information content (AvgIpc) is 2.82. The van der Waals surface area contributed by atoms with E-state index in [1.807, 2.05) is 0 Å². The van der Waals surface area contributed by atoms with Crippen LogP contribution < -0.4 is 10.6 Å². The summed E-state index contributed by atoms with van der Waals surface area (Å²) in [7, 11) is 0. The number of allylic oxidation sites excluding steroid dienone is 4. The van der Waals surface area contributed by atoms with E-state index in [9.17, 15) is 0 Å². The molecule has 0 bridgehead atoms. The van der Waals surface area contributed by atoms with Gasteiger partial charge in [-0.1, -0.05) is 52.0 Å². The normalized spacial score (nSPS) is 19.6. The molecule has 0 saturated heterocycles. The highest BCUT2D eigenvalue weighted by Gasteiger charge is 2.30. The molecule has 0 aliphatic heterocycles. The van der Waals surface area contributed by atoms with Crippen molar-refractivity contribution in [2.45, 2.75) is 66.5 Å². The minimum Gasteiger partial charge on any atom is -0.314 e. The predicted octanol–water partition coefficient (Wildman–Crippen LogP) is 4.15. The lowest BCUT2D eigenvalue weighted by Crippen LogP contribution is -2.38. The standard InChI is InChI=1S/C19H36N2/c1-15(2)13-20-17(5)11-19(9-7-8-10-19)12-18(6)21-14-16(3)4/h7-10,15-18,20-21H,11-14H2,1-6H3. The van der Waals surface area contributed by atoms with Gasteiger partial charge in [0.05, 0.1) is 0 Å². The molecule has 0 fully saturated rings. The Labute approximate surface area is 132 Å². The van der Waals surface area contributed by atoms with Gasteiger partial charge in [0.2, 0.25) is 0 Å². The molecule has 2 heteroatoms. The van der Waals surface area contributed by atoms with Crippen molar-refractivity contribution in [2.24, 2.45) is 17.3 Å². The molecule has 1 aliphatic rings. The maximum atomic E-state index is 3.67. The number of rotatable bonds is 10. The first-order valence-electron chi connectivity index (χ1n) is 8.67. The van der Waals surface area contributed by atoms with E-state index in [1.54, 1.807) is 0 Å². The molecular formula is C19H36N2. The van der Waals surface area contributed by atoms with Gasteiger partial charge in [-0.3, -0.25) is 0 Å². The summed E-state index contributed by atoms with van der Waals surface area (Å²) in [5.74, 6) is 1.43. The van der Waals surface area contributed by atoms with Crippen LogP contribution in [0.1, 0.15) is 54.4 Å². The molecule has 0 spiro atoms. The first-order chi connectivity index (χ1) is 9.83. The Morgan fingerprint density at radius 1 is 0.714 bits per heavy atom. The molecule has 0 saturated carbocycles. The molecule has 0 heterocycles. The van der Waals surface area contributed by atoms with Gasteiger partial charge < -0.3 is 10.6 Å². The van der Waals surface area contributed by atoms with Crippen molar-refractivity contribution in [1.29, 1.82) is 0 Å². The van der Waals surface area contributed by atoms with E-state index in [4.69, 9.17) is 0 Å². The third-order valence-electron chi connectivity index (χ3n) is 4.09. The van der Waals surface area contributed by atoms with E-state index < -0.39 is 0 Å². The third-order valence-corrected chi connectivity index (χ3v) is 4.09. The van der Waals surface area contributed by atoms with Crippen molar-refractivity contribution in [3.63, 3.8) is 0 Å². The van der Waals surface area contributed by atoms with Gasteiger partial charge in [0, 0.05) is 17.5 Å². The van der Waals surface area contributed by atoms with Crippen molar-refractivity contribution in [1.82, 2.24) is 10.6 Å². The molecule has 2 unspecified atom stereocenters. The van der Waals surface area contributed by atoms with Gasteiger partial charge in [-0.25, -0.2) is 0 Å². The third kappa shape index (κ3) is 7.28. The lowest BCUT2D eigenvalue weighted by atomic mass is 9.78. The first kappa shape index (κ1) is 18.4. The topological polar surface area (TPSA) is 24.1 Å². The Hall–Kier alpha value is -0.600. The van der Waals surface area contributed by atoms with Gasteiger partial charge in [-0.15, -0.1) is 0 Å². The quantitative estimate of drug-likeness (QED) is 0.632. The van der Waals surface area contributed by atoms with Crippen LogP contribution in [-0.4, -0.2) is 25.2 Å². The van der Waals surface area contributed by atoms with Crippen LogP contribution in [0.3, 0.4) is 0 Å². The van der Waals surface area contributed by atoms with Gasteiger partial charge in [-0.2, -0.15) is 0 Å². The molecular weight excluding hydrogens is 256 g/mol. The van der Waals surface area contributed by atoms with Crippen molar-refractivity contribution in [3.05, 3.63) is 24.3 Å². The number of nitrogens with one attached hydrogen (secondary N) is 2. The van der Waals surface area contributed by atoms with Crippen LogP contribution in [-0.2, 0) is 0 Å². The summed E-state index contributed by atoms with van der Waals surface area (Å²) in [6.45, 7) is 15.9. The molecule has 0 aromatic rings. The van der Waals surface area contributed by atoms with Gasteiger partial charge in [-0.05, 0) is 51.6 Å². The van der Waals surface area contributed by atoms with Crippen LogP contribution in [0.2, 0.25) is 0 Å². The van der Waals surface area contributed by atoms with Crippen molar-refractivity contribution in [2.75, 3.05) is 13.1 Å². The fourth-order valence-electron chi connectivity index (χ4n) is 3.06. The maximum absolute atomic E-state index is 3.67. The summed E-state index contributed by atoms with van der Waals surface area (Å²) in [4.78, 5) is 0. The van der Waals surface area contributed by atoms with Crippen molar-refractivity contribution in [3.8, 4) is 0 Å². The highest BCUT2D eigenvalue weighted by atomic mass is 14.9. The molecule has 2 N–H and O–H groups in total. The van der Waals surface area contributed by atoms with Crippen molar-refractivity contribution < 1.29 is 0 Å². The Balaban J connectivity index is 2.51. The molecule has 0 aromatic heterocycles. The highest BCUT2D eigenvalue weighted by molar-refractivity contribution is 5.25. The second-order valence-corrected chi connectivity index (χ2v) is 7.77. The van der Waals surface area contributed by atoms with E-state index in [-0.39, 0.29) is 5.41 Å². The highest BCUT2D eigenvalue weighted by Crippen LogP contribution is 2.36. The molecule has 0 radical (unpaired) electrons. The maximum Gasteiger partial charge on any atom is 0.00964 e. The van der Waals surface area contributed by atoms with Crippen LogP contribution in [0, 0.1) is 17.3 Å². The monoisotopic (exact) mass is 292 g/mol. The molecule has 0 amide bonds. The summed E-state index contributed by atoms with van der Waals surface area (Å²) < 4.78 is 0. The van der Waals surface area contributed by atoms with Gasteiger partial charge in [0.15, 0.2) is 0 Å². The van der Waals surface area contributed by atoms with Gasteiger partial charge in [0.25, 0.3) is 0 Å². The zero-order valence-corrected chi connectivity index (χ0v) is 14.9. The minimum atomic E-state index is 0.229. The summed E-state index contributed by atoms with van der Waals surface area (Å²) >= 11 is 0. The van der Waals surface area contributed by atoms with E-state index in [0.29, 0.717) is 23.9 Å². The lowest BCUT2D eigenvalue weighted by Gasteiger charge is -2.32. The molecule has 21 heavy (non-hydrogen) atoms. The predicted molar refractivity (Wildman–Crippen MR) is 94.6 cm³/mol. The zero-order valence-electron chi connectivity index (χ0n) is 14.9. The second kappa shape index (κ2) is 8.75. The zero-order chi connectivity index (χ0) is 15.9. The molecule has 1 rings (SSSR count).